The number of nitriles is 1. The molecule has 0 spiro atoms. The van der Waals surface area contributed by atoms with Gasteiger partial charge in [-0.05, 0) is 42.0 Å². The van der Waals surface area contributed by atoms with Gasteiger partial charge in [-0.1, -0.05) is 11.8 Å². The third-order valence-corrected chi connectivity index (χ3v) is 5.94. The summed E-state index contributed by atoms with van der Waals surface area (Å²) in [6.45, 7) is 0. The molecule has 0 aromatic heterocycles. The van der Waals surface area contributed by atoms with E-state index in [9.17, 15) is 19.2 Å². The van der Waals surface area contributed by atoms with Crippen molar-refractivity contribution in [2.45, 2.75) is 12.3 Å². The minimum absolute atomic E-state index is 0.0490. The van der Waals surface area contributed by atoms with E-state index in [1.807, 2.05) is 0 Å². The van der Waals surface area contributed by atoms with Gasteiger partial charge in [-0.3, -0.25) is 9.59 Å². The van der Waals surface area contributed by atoms with Crippen molar-refractivity contribution in [2.24, 2.45) is 0 Å². The number of ether oxygens (including phenoxy) is 3. The SMILES string of the molecule is COc1cc(C2CC(=O)NC(SCC(=O)Nc3ccc(F)cc3)=C2C#N)cc(OC)c1OC. The third kappa shape index (κ3) is 5.56. The van der Waals surface area contributed by atoms with Crippen LogP contribution in [0.5, 0.6) is 17.2 Å². The highest BCUT2D eigenvalue weighted by atomic mass is 32.2. The summed E-state index contributed by atoms with van der Waals surface area (Å²) in [4.78, 5) is 24.7. The summed E-state index contributed by atoms with van der Waals surface area (Å²) < 4.78 is 29.2. The second-order valence-corrected chi connectivity index (χ2v) is 7.95. The highest BCUT2D eigenvalue weighted by molar-refractivity contribution is 8.03. The molecule has 0 radical (unpaired) electrons. The molecular formula is C23H22FN3O5S. The predicted octanol–water partition coefficient (Wildman–Crippen LogP) is 3.56. The summed E-state index contributed by atoms with van der Waals surface area (Å²) in [7, 11) is 4.45. The number of halogens is 1. The number of anilines is 1. The lowest BCUT2D eigenvalue weighted by atomic mass is 9.86. The monoisotopic (exact) mass is 471 g/mol. The molecule has 2 N–H and O–H groups in total. The summed E-state index contributed by atoms with van der Waals surface area (Å²) in [5, 5.41) is 15.5. The molecule has 2 aromatic rings. The van der Waals surface area contributed by atoms with E-state index >= 15 is 0 Å². The molecule has 0 saturated heterocycles. The van der Waals surface area contributed by atoms with Crippen molar-refractivity contribution in [3.05, 3.63) is 58.4 Å². The number of carbonyl (C=O) groups excluding carboxylic acids is 2. The molecule has 2 aromatic carbocycles. The lowest BCUT2D eigenvalue weighted by Crippen LogP contribution is -2.31. The molecule has 1 unspecified atom stereocenters. The Morgan fingerprint density at radius 2 is 1.82 bits per heavy atom. The lowest BCUT2D eigenvalue weighted by Gasteiger charge is -2.26. The molecule has 0 saturated carbocycles. The maximum atomic E-state index is 13.0. The van der Waals surface area contributed by atoms with E-state index in [1.54, 1.807) is 12.1 Å². The fraction of sp³-hybridized carbons (Fsp3) is 0.261. The molecule has 172 valence electrons. The number of hydrogen-bond donors (Lipinski definition) is 2. The second-order valence-electron chi connectivity index (χ2n) is 6.96. The molecule has 3 rings (SSSR count). The number of carbonyl (C=O) groups is 2. The third-order valence-electron chi connectivity index (χ3n) is 4.92. The molecule has 0 bridgehead atoms. The second kappa shape index (κ2) is 10.7. The van der Waals surface area contributed by atoms with Crippen LogP contribution in [0.4, 0.5) is 10.1 Å². The van der Waals surface area contributed by atoms with Crippen molar-refractivity contribution in [1.82, 2.24) is 5.32 Å². The van der Waals surface area contributed by atoms with Crippen LogP contribution in [0.3, 0.4) is 0 Å². The maximum absolute atomic E-state index is 13.0. The van der Waals surface area contributed by atoms with Gasteiger partial charge in [-0.2, -0.15) is 5.26 Å². The van der Waals surface area contributed by atoms with E-state index in [1.165, 1.54) is 45.6 Å². The lowest BCUT2D eigenvalue weighted by molar-refractivity contribution is -0.121. The van der Waals surface area contributed by atoms with Crippen LogP contribution in [0, 0.1) is 17.1 Å². The van der Waals surface area contributed by atoms with Gasteiger partial charge in [-0.15, -0.1) is 0 Å². The summed E-state index contributed by atoms with van der Waals surface area (Å²) >= 11 is 1.04. The molecule has 33 heavy (non-hydrogen) atoms. The zero-order chi connectivity index (χ0) is 24.0. The van der Waals surface area contributed by atoms with E-state index in [2.05, 4.69) is 16.7 Å². The molecule has 8 nitrogen and oxygen atoms in total. The van der Waals surface area contributed by atoms with Gasteiger partial charge in [0.05, 0.1) is 43.8 Å². The summed E-state index contributed by atoms with van der Waals surface area (Å²) in [6.07, 6.45) is 0.0490. The van der Waals surface area contributed by atoms with Crippen LogP contribution < -0.4 is 24.8 Å². The fourth-order valence-corrected chi connectivity index (χ4v) is 4.27. The van der Waals surface area contributed by atoms with E-state index in [-0.39, 0.29) is 24.0 Å². The topological polar surface area (TPSA) is 110 Å². The Bertz CT molecular complexity index is 1100. The largest absolute Gasteiger partial charge is 0.493 e. The van der Waals surface area contributed by atoms with Crippen molar-refractivity contribution >= 4 is 29.3 Å². The number of nitrogens with one attached hydrogen (secondary N) is 2. The number of amides is 2. The zero-order valence-electron chi connectivity index (χ0n) is 18.2. The minimum Gasteiger partial charge on any atom is -0.493 e. The minimum atomic E-state index is -0.555. The number of rotatable bonds is 8. The Labute approximate surface area is 194 Å². The number of benzene rings is 2. The highest BCUT2D eigenvalue weighted by Crippen LogP contribution is 2.44. The molecule has 0 fully saturated rings. The summed E-state index contributed by atoms with van der Waals surface area (Å²) in [6, 6.07) is 10.9. The van der Waals surface area contributed by atoms with Gasteiger partial charge >= 0.3 is 0 Å². The van der Waals surface area contributed by atoms with E-state index < -0.39 is 11.7 Å². The van der Waals surface area contributed by atoms with E-state index in [4.69, 9.17) is 14.2 Å². The standard InChI is InChI=1S/C23H22FN3O5S/c1-30-18-8-13(9-19(31-2)22(18)32-3)16-10-20(28)27-23(17(16)11-25)33-12-21(29)26-15-6-4-14(24)5-7-15/h4-9,16H,10,12H2,1-3H3,(H,26,29)(H,27,28). The van der Waals surface area contributed by atoms with Crippen LogP contribution in [0.2, 0.25) is 0 Å². The molecule has 0 aliphatic carbocycles. The van der Waals surface area contributed by atoms with E-state index in [0.717, 1.165) is 11.8 Å². The Balaban J connectivity index is 1.85. The Hall–Kier alpha value is -3.71. The van der Waals surface area contributed by atoms with Crippen molar-refractivity contribution in [1.29, 1.82) is 5.26 Å². The maximum Gasteiger partial charge on any atom is 0.234 e. The first-order valence-electron chi connectivity index (χ1n) is 9.82. The van der Waals surface area contributed by atoms with Crippen LogP contribution >= 0.6 is 11.8 Å². The zero-order valence-corrected chi connectivity index (χ0v) is 19.0. The Morgan fingerprint density at radius 3 is 2.36 bits per heavy atom. The van der Waals surface area contributed by atoms with Gasteiger partial charge in [0, 0.05) is 18.0 Å². The van der Waals surface area contributed by atoms with Gasteiger partial charge in [0.25, 0.3) is 0 Å². The number of allylic oxidation sites excluding steroid dienone is 1. The van der Waals surface area contributed by atoms with Crippen LogP contribution in [0.1, 0.15) is 17.9 Å². The van der Waals surface area contributed by atoms with Crippen molar-refractivity contribution < 1.29 is 28.2 Å². The predicted molar refractivity (Wildman–Crippen MR) is 122 cm³/mol. The molecule has 2 amide bonds. The number of thioether (sulfide) groups is 1. The van der Waals surface area contributed by atoms with Gasteiger partial charge in [0.15, 0.2) is 11.5 Å². The average molecular weight is 472 g/mol. The molecule has 1 aliphatic heterocycles. The quantitative estimate of drug-likeness (QED) is 0.606. The van der Waals surface area contributed by atoms with Crippen LogP contribution in [0.15, 0.2) is 47.0 Å². The molecule has 1 heterocycles. The number of methoxy groups -OCH3 is 3. The average Bonchev–Trinajstić information content (AvgIpc) is 2.82. The van der Waals surface area contributed by atoms with E-state index in [0.29, 0.717) is 39.1 Å². The van der Waals surface area contributed by atoms with Crippen molar-refractivity contribution in [2.75, 3.05) is 32.4 Å². The number of hydrogen-bond acceptors (Lipinski definition) is 7. The van der Waals surface area contributed by atoms with Gasteiger partial charge < -0.3 is 24.8 Å². The smallest absolute Gasteiger partial charge is 0.234 e. The fourth-order valence-electron chi connectivity index (χ4n) is 3.39. The summed E-state index contributed by atoms with van der Waals surface area (Å²) in [5.74, 6) is -0.450. The molecular weight excluding hydrogens is 449 g/mol. The Morgan fingerprint density at radius 1 is 1.18 bits per heavy atom. The van der Waals surface area contributed by atoms with Crippen LogP contribution in [0.25, 0.3) is 0 Å². The van der Waals surface area contributed by atoms with Gasteiger partial charge in [-0.25, -0.2) is 4.39 Å². The highest BCUT2D eigenvalue weighted by Gasteiger charge is 2.31. The number of nitrogens with zero attached hydrogens (tertiary/aromatic N) is 1. The first kappa shape index (κ1) is 23.9. The normalized spacial score (nSPS) is 15.4. The van der Waals surface area contributed by atoms with Crippen molar-refractivity contribution in [3.8, 4) is 23.3 Å². The van der Waals surface area contributed by atoms with Gasteiger partial charge in [0.1, 0.15) is 5.82 Å². The Kier molecular flexibility index (Phi) is 7.79. The van der Waals surface area contributed by atoms with Crippen molar-refractivity contribution in [3.63, 3.8) is 0 Å². The molecule has 10 heteroatoms. The van der Waals surface area contributed by atoms with Gasteiger partial charge in [0.2, 0.25) is 17.6 Å². The summed E-state index contributed by atoms with van der Waals surface area (Å²) in [5.41, 5.74) is 1.41. The first-order chi connectivity index (χ1) is 15.9. The molecule has 1 atom stereocenters. The van der Waals surface area contributed by atoms with Crippen LogP contribution in [-0.4, -0.2) is 38.9 Å². The molecule has 1 aliphatic rings. The first-order valence-corrected chi connectivity index (χ1v) is 10.8. The van der Waals surface area contributed by atoms with Crippen LogP contribution in [-0.2, 0) is 9.59 Å².